The van der Waals surface area contributed by atoms with Gasteiger partial charge in [-0.15, -0.1) is 0 Å². The summed E-state index contributed by atoms with van der Waals surface area (Å²) in [5.74, 6) is -0.241. The normalized spacial score (nSPS) is 15.3. The predicted molar refractivity (Wildman–Crippen MR) is 74.5 cm³/mol. The van der Waals surface area contributed by atoms with Gasteiger partial charge in [0, 0.05) is 12.6 Å². The summed E-state index contributed by atoms with van der Waals surface area (Å²) in [6.45, 7) is 8.57. The van der Waals surface area contributed by atoms with Crippen LogP contribution >= 0.6 is 0 Å². The van der Waals surface area contributed by atoms with Gasteiger partial charge in [-0.3, -0.25) is 0 Å². The summed E-state index contributed by atoms with van der Waals surface area (Å²) in [6.07, 6.45) is -0.554. The SMILES string of the molecule is C[C@@H](NCC(O)COC(C)(C)C)c1ccc(F)cc1. The van der Waals surface area contributed by atoms with Crippen molar-refractivity contribution >= 4 is 0 Å². The van der Waals surface area contributed by atoms with Crippen LogP contribution in [-0.4, -0.2) is 30.0 Å². The number of halogens is 1. The predicted octanol–water partition coefficient (Wildman–Crippen LogP) is 2.65. The highest BCUT2D eigenvalue weighted by atomic mass is 19.1. The van der Waals surface area contributed by atoms with Crippen molar-refractivity contribution in [3.63, 3.8) is 0 Å². The van der Waals surface area contributed by atoms with Gasteiger partial charge >= 0.3 is 0 Å². The Kier molecular flexibility index (Phi) is 5.91. The lowest BCUT2D eigenvalue weighted by molar-refractivity contribution is -0.0482. The molecule has 1 aromatic rings. The fraction of sp³-hybridized carbons (Fsp3) is 0.600. The number of aliphatic hydroxyl groups is 1. The number of benzene rings is 1. The van der Waals surface area contributed by atoms with Gasteiger partial charge in [0.25, 0.3) is 0 Å². The van der Waals surface area contributed by atoms with Crippen LogP contribution in [0.25, 0.3) is 0 Å². The Morgan fingerprint density at radius 1 is 1.26 bits per heavy atom. The Morgan fingerprint density at radius 2 is 1.84 bits per heavy atom. The second kappa shape index (κ2) is 6.98. The Hall–Kier alpha value is -0.970. The molecule has 0 saturated heterocycles. The minimum absolute atomic E-state index is 0.0601. The fourth-order valence-electron chi connectivity index (χ4n) is 1.59. The maximum Gasteiger partial charge on any atom is 0.123 e. The van der Waals surface area contributed by atoms with E-state index in [1.165, 1.54) is 12.1 Å². The molecule has 0 radical (unpaired) electrons. The van der Waals surface area contributed by atoms with Crippen molar-refractivity contribution in [2.75, 3.05) is 13.2 Å². The smallest absolute Gasteiger partial charge is 0.123 e. The molecule has 2 atom stereocenters. The Bertz CT molecular complexity index is 373. The van der Waals surface area contributed by atoms with E-state index in [4.69, 9.17) is 4.74 Å². The van der Waals surface area contributed by atoms with E-state index in [-0.39, 0.29) is 17.5 Å². The first-order valence-electron chi connectivity index (χ1n) is 6.59. The zero-order valence-electron chi connectivity index (χ0n) is 12.1. The van der Waals surface area contributed by atoms with E-state index in [0.717, 1.165) is 5.56 Å². The molecule has 0 fully saturated rings. The molecule has 4 heteroatoms. The molecule has 0 spiro atoms. The first kappa shape index (κ1) is 16.1. The highest BCUT2D eigenvalue weighted by Crippen LogP contribution is 2.13. The summed E-state index contributed by atoms with van der Waals surface area (Å²) in [7, 11) is 0. The minimum atomic E-state index is -0.554. The standard InChI is InChI=1S/C15H24FNO2/c1-11(12-5-7-13(16)8-6-12)17-9-14(18)10-19-15(2,3)4/h5-8,11,14,17-18H,9-10H2,1-4H3/t11-,14?/m1/s1. The molecule has 3 nitrogen and oxygen atoms in total. The van der Waals surface area contributed by atoms with Gasteiger partial charge in [-0.2, -0.15) is 0 Å². The number of hydrogen-bond donors (Lipinski definition) is 2. The number of aliphatic hydroxyl groups excluding tert-OH is 1. The quantitative estimate of drug-likeness (QED) is 0.834. The second-order valence-electron chi connectivity index (χ2n) is 5.76. The van der Waals surface area contributed by atoms with Crippen LogP contribution in [0.2, 0.25) is 0 Å². The van der Waals surface area contributed by atoms with Crippen molar-refractivity contribution in [1.82, 2.24) is 5.32 Å². The molecular formula is C15H24FNO2. The van der Waals surface area contributed by atoms with E-state index in [0.29, 0.717) is 13.2 Å². The van der Waals surface area contributed by atoms with Crippen LogP contribution in [-0.2, 0) is 4.74 Å². The Labute approximate surface area is 114 Å². The molecule has 108 valence electrons. The summed E-state index contributed by atoms with van der Waals surface area (Å²) in [6, 6.07) is 6.42. The third-order valence-corrected chi connectivity index (χ3v) is 2.74. The topological polar surface area (TPSA) is 41.5 Å². The van der Waals surface area contributed by atoms with Gasteiger partial charge < -0.3 is 15.2 Å². The van der Waals surface area contributed by atoms with E-state index in [9.17, 15) is 9.50 Å². The van der Waals surface area contributed by atoms with Gasteiger partial charge in [-0.1, -0.05) is 12.1 Å². The van der Waals surface area contributed by atoms with Crippen LogP contribution < -0.4 is 5.32 Å². The average molecular weight is 269 g/mol. The van der Waals surface area contributed by atoms with E-state index in [2.05, 4.69) is 5.32 Å². The summed E-state index contributed by atoms with van der Waals surface area (Å²) in [4.78, 5) is 0. The van der Waals surface area contributed by atoms with Gasteiger partial charge in [0.15, 0.2) is 0 Å². The van der Waals surface area contributed by atoms with Crippen LogP contribution in [0.3, 0.4) is 0 Å². The molecule has 0 aromatic heterocycles. The number of nitrogens with one attached hydrogen (secondary N) is 1. The third kappa shape index (κ3) is 6.66. The summed E-state index contributed by atoms with van der Waals surface area (Å²) >= 11 is 0. The van der Waals surface area contributed by atoms with Crippen molar-refractivity contribution in [3.8, 4) is 0 Å². The van der Waals surface area contributed by atoms with E-state index in [1.807, 2.05) is 27.7 Å². The van der Waals surface area contributed by atoms with Crippen LogP contribution in [0.5, 0.6) is 0 Å². The zero-order chi connectivity index (χ0) is 14.5. The van der Waals surface area contributed by atoms with Crippen LogP contribution in [0, 0.1) is 5.82 Å². The van der Waals surface area contributed by atoms with Gasteiger partial charge in [-0.25, -0.2) is 4.39 Å². The molecule has 1 rings (SSSR count). The molecule has 0 heterocycles. The van der Waals surface area contributed by atoms with Gasteiger partial charge in [0.1, 0.15) is 5.82 Å². The first-order valence-corrected chi connectivity index (χ1v) is 6.59. The number of hydrogen-bond acceptors (Lipinski definition) is 3. The fourth-order valence-corrected chi connectivity index (χ4v) is 1.59. The molecule has 0 saturated carbocycles. The third-order valence-electron chi connectivity index (χ3n) is 2.74. The lowest BCUT2D eigenvalue weighted by Crippen LogP contribution is -2.34. The van der Waals surface area contributed by atoms with Gasteiger partial charge in [-0.05, 0) is 45.4 Å². The van der Waals surface area contributed by atoms with Crippen molar-refractivity contribution in [2.24, 2.45) is 0 Å². The van der Waals surface area contributed by atoms with E-state index >= 15 is 0 Å². The maximum atomic E-state index is 12.8. The van der Waals surface area contributed by atoms with Gasteiger partial charge in [0.05, 0.1) is 18.3 Å². The van der Waals surface area contributed by atoms with Gasteiger partial charge in [0.2, 0.25) is 0 Å². The lowest BCUT2D eigenvalue weighted by Gasteiger charge is -2.23. The molecule has 0 aliphatic carbocycles. The molecule has 0 aliphatic rings. The Balaban J connectivity index is 2.33. The highest BCUT2D eigenvalue weighted by molar-refractivity contribution is 5.19. The van der Waals surface area contributed by atoms with Crippen molar-refractivity contribution in [1.29, 1.82) is 0 Å². The van der Waals surface area contributed by atoms with Crippen molar-refractivity contribution < 1.29 is 14.2 Å². The summed E-state index contributed by atoms with van der Waals surface area (Å²) in [5, 5.41) is 13.0. The number of ether oxygens (including phenoxy) is 1. The molecular weight excluding hydrogens is 245 g/mol. The summed E-state index contributed by atoms with van der Waals surface area (Å²) in [5.41, 5.74) is 0.745. The molecule has 1 aromatic carbocycles. The van der Waals surface area contributed by atoms with Crippen LogP contribution in [0.4, 0.5) is 4.39 Å². The molecule has 0 bridgehead atoms. The largest absolute Gasteiger partial charge is 0.389 e. The number of rotatable bonds is 6. The van der Waals surface area contributed by atoms with E-state index in [1.54, 1.807) is 12.1 Å². The van der Waals surface area contributed by atoms with E-state index < -0.39 is 6.10 Å². The molecule has 0 amide bonds. The molecule has 0 aliphatic heterocycles. The summed E-state index contributed by atoms with van der Waals surface area (Å²) < 4.78 is 18.3. The van der Waals surface area contributed by atoms with Crippen molar-refractivity contribution in [3.05, 3.63) is 35.6 Å². The molecule has 1 unspecified atom stereocenters. The zero-order valence-corrected chi connectivity index (χ0v) is 12.1. The molecule has 2 N–H and O–H groups in total. The maximum absolute atomic E-state index is 12.8. The van der Waals surface area contributed by atoms with Crippen molar-refractivity contribution in [2.45, 2.75) is 45.4 Å². The highest BCUT2D eigenvalue weighted by Gasteiger charge is 2.14. The Morgan fingerprint density at radius 3 is 2.37 bits per heavy atom. The second-order valence-corrected chi connectivity index (χ2v) is 5.76. The van der Waals surface area contributed by atoms with Crippen LogP contribution in [0.1, 0.15) is 39.3 Å². The average Bonchev–Trinajstić information content (AvgIpc) is 2.33. The molecule has 19 heavy (non-hydrogen) atoms. The van der Waals surface area contributed by atoms with Crippen LogP contribution in [0.15, 0.2) is 24.3 Å². The lowest BCUT2D eigenvalue weighted by atomic mass is 10.1. The monoisotopic (exact) mass is 269 g/mol. The first-order chi connectivity index (χ1) is 8.78. The minimum Gasteiger partial charge on any atom is -0.389 e.